The summed E-state index contributed by atoms with van der Waals surface area (Å²) in [5.74, 6) is -0.509. The molecule has 116 valence electrons. The number of nitrogen functional groups attached to an aromatic ring is 1. The minimum atomic E-state index is -0.765. The number of hydrogen-bond acceptors (Lipinski definition) is 4. The van der Waals surface area contributed by atoms with Crippen molar-refractivity contribution in [3.05, 3.63) is 23.8 Å². The third kappa shape index (κ3) is 6.16. The van der Waals surface area contributed by atoms with Gasteiger partial charge in [-0.1, -0.05) is 12.8 Å². The van der Waals surface area contributed by atoms with Crippen molar-refractivity contribution in [2.45, 2.75) is 32.1 Å². The lowest BCUT2D eigenvalue weighted by molar-refractivity contribution is -0.137. The Bertz CT molecular complexity index is 489. The monoisotopic (exact) mass is 294 g/mol. The van der Waals surface area contributed by atoms with E-state index in [0.29, 0.717) is 30.0 Å². The number of nitrogens with one attached hydrogen (secondary N) is 1. The van der Waals surface area contributed by atoms with Crippen LogP contribution in [0.4, 0.5) is 5.69 Å². The number of amides is 1. The predicted molar refractivity (Wildman–Crippen MR) is 80.5 cm³/mol. The Morgan fingerprint density at radius 2 is 1.95 bits per heavy atom. The van der Waals surface area contributed by atoms with Crippen LogP contribution >= 0.6 is 0 Å². The van der Waals surface area contributed by atoms with Crippen molar-refractivity contribution < 1.29 is 19.4 Å². The van der Waals surface area contributed by atoms with Gasteiger partial charge in [0.15, 0.2) is 0 Å². The Balaban J connectivity index is 2.29. The van der Waals surface area contributed by atoms with Gasteiger partial charge in [0.05, 0.1) is 12.7 Å². The third-order valence-electron chi connectivity index (χ3n) is 3.07. The summed E-state index contributed by atoms with van der Waals surface area (Å²) in [6.07, 6.45) is 3.45. The standard InChI is InChI=1S/C15H22N2O4/c1-21-13-10-11(16)7-8-12(13)15(20)17-9-5-3-2-4-6-14(18)19/h7-8,10H,2-6,9,16H2,1H3,(H,17,20)(H,18,19). The quantitative estimate of drug-likeness (QED) is 0.478. The zero-order valence-corrected chi connectivity index (χ0v) is 12.2. The average molecular weight is 294 g/mol. The molecular formula is C15H22N2O4. The molecule has 0 saturated heterocycles. The maximum atomic E-state index is 12.0. The number of anilines is 1. The maximum absolute atomic E-state index is 12.0. The Morgan fingerprint density at radius 3 is 2.62 bits per heavy atom. The topological polar surface area (TPSA) is 102 Å². The number of carboxylic acid groups (broad SMARTS) is 1. The van der Waals surface area contributed by atoms with Crippen molar-refractivity contribution in [3.8, 4) is 5.75 Å². The van der Waals surface area contributed by atoms with Gasteiger partial charge in [-0.3, -0.25) is 9.59 Å². The van der Waals surface area contributed by atoms with Gasteiger partial charge in [0.25, 0.3) is 5.91 Å². The van der Waals surface area contributed by atoms with Gasteiger partial charge >= 0.3 is 5.97 Å². The first-order valence-corrected chi connectivity index (χ1v) is 6.98. The molecule has 1 aromatic carbocycles. The number of hydrogen-bond donors (Lipinski definition) is 3. The zero-order chi connectivity index (χ0) is 15.7. The molecule has 0 aliphatic heterocycles. The van der Waals surface area contributed by atoms with Gasteiger partial charge in [0, 0.05) is 24.7 Å². The van der Waals surface area contributed by atoms with Crippen molar-refractivity contribution in [1.82, 2.24) is 5.32 Å². The number of methoxy groups -OCH3 is 1. The summed E-state index contributed by atoms with van der Waals surface area (Å²) in [6, 6.07) is 4.90. The van der Waals surface area contributed by atoms with Gasteiger partial charge in [0.1, 0.15) is 5.75 Å². The van der Waals surface area contributed by atoms with Crippen LogP contribution in [-0.2, 0) is 4.79 Å². The summed E-state index contributed by atoms with van der Waals surface area (Å²) in [5, 5.41) is 11.3. The largest absolute Gasteiger partial charge is 0.496 e. The molecule has 0 bridgehead atoms. The predicted octanol–water partition coefficient (Wildman–Crippen LogP) is 2.04. The van der Waals surface area contributed by atoms with E-state index in [4.69, 9.17) is 15.6 Å². The van der Waals surface area contributed by atoms with Gasteiger partial charge in [0.2, 0.25) is 0 Å². The number of nitrogens with two attached hydrogens (primary N) is 1. The number of rotatable bonds is 9. The number of carboxylic acids is 1. The molecule has 0 unspecified atom stereocenters. The van der Waals surface area contributed by atoms with Crippen LogP contribution in [0.5, 0.6) is 5.75 Å². The lowest BCUT2D eigenvalue weighted by Gasteiger charge is -2.10. The minimum absolute atomic E-state index is 0.197. The normalized spacial score (nSPS) is 10.1. The van der Waals surface area contributed by atoms with Crippen molar-refractivity contribution in [3.63, 3.8) is 0 Å². The van der Waals surface area contributed by atoms with E-state index in [1.54, 1.807) is 18.2 Å². The van der Waals surface area contributed by atoms with Crippen LogP contribution < -0.4 is 15.8 Å². The van der Waals surface area contributed by atoms with E-state index < -0.39 is 5.97 Å². The Labute approximate surface area is 124 Å². The van der Waals surface area contributed by atoms with Crippen LogP contribution in [0.3, 0.4) is 0 Å². The van der Waals surface area contributed by atoms with Crippen molar-refractivity contribution in [2.75, 3.05) is 19.4 Å². The summed E-state index contributed by atoms with van der Waals surface area (Å²) in [5.41, 5.74) is 6.64. The van der Waals surface area contributed by atoms with Gasteiger partial charge in [-0.15, -0.1) is 0 Å². The van der Waals surface area contributed by atoms with Crippen LogP contribution in [0, 0.1) is 0 Å². The second-order valence-electron chi connectivity index (χ2n) is 4.77. The Hall–Kier alpha value is -2.24. The van der Waals surface area contributed by atoms with Crippen molar-refractivity contribution >= 4 is 17.6 Å². The van der Waals surface area contributed by atoms with Crippen LogP contribution in [-0.4, -0.2) is 30.6 Å². The van der Waals surface area contributed by atoms with E-state index in [1.165, 1.54) is 7.11 Å². The summed E-state index contributed by atoms with van der Waals surface area (Å²) < 4.78 is 5.13. The van der Waals surface area contributed by atoms with Crippen LogP contribution in [0.25, 0.3) is 0 Å². The molecular weight excluding hydrogens is 272 g/mol. The summed E-state index contributed by atoms with van der Waals surface area (Å²) in [4.78, 5) is 22.3. The van der Waals surface area contributed by atoms with Gasteiger partial charge in [-0.05, 0) is 25.0 Å². The first kappa shape index (κ1) is 16.8. The van der Waals surface area contributed by atoms with Crippen molar-refractivity contribution in [1.29, 1.82) is 0 Å². The molecule has 0 aliphatic carbocycles. The van der Waals surface area contributed by atoms with Crippen LogP contribution in [0.2, 0.25) is 0 Å². The highest BCUT2D eigenvalue weighted by atomic mass is 16.5. The summed E-state index contributed by atoms with van der Waals surface area (Å²) >= 11 is 0. The molecule has 0 heterocycles. The second-order valence-corrected chi connectivity index (χ2v) is 4.77. The highest BCUT2D eigenvalue weighted by Gasteiger charge is 2.11. The molecule has 1 rings (SSSR count). The molecule has 21 heavy (non-hydrogen) atoms. The first-order valence-electron chi connectivity index (χ1n) is 6.98. The third-order valence-corrected chi connectivity index (χ3v) is 3.07. The molecule has 0 aromatic heterocycles. The molecule has 0 spiro atoms. The lowest BCUT2D eigenvalue weighted by Crippen LogP contribution is -2.25. The maximum Gasteiger partial charge on any atom is 0.303 e. The van der Waals surface area contributed by atoms with Crippen molar-refractivity contribution in [2.24, 2.45) is 0 Å². The molecule has 0 radical (unpaired) electrons. The van der Waals surface area contributed by atoms with E-state index in [0.717, 1.165) is 19.3 Å². The second kappa shape index (κ2) is 8.84. The average Bonchev–Trinajstić information content (AvgIpc) is 2.45. The summed E-state index contributed by atoms with van der Waals surface area (Å²) in [6.45, 7) is 0.555. The van der Waals surface area contributed by atoms with Crippen LogP contribution in [0.1, 0.15) is 42.5 Å². The highest BCUT2D eigenvalue weighted by Crippen LogP contribution is 2.21. The SMILES string of the molecule is COc1cc(N)ccc1C(=O)NCCCCCCC(=O)O. The van der Waals surface area contributed by atoms with Gasteiger partial charge in [-0.2, -0.15) is 0 Å². The van der Waals surface area contributed by atoms with Crippen LogP contribution in [0.15, 0.2) is 18.2 Å². The van der Waals surface area contributed by atoms with E-state index in [1.807, 2.05) is 0 Å². The number of ether oxygens (including phenoxy) is 1. The number of aliphatic carboxylic acids is 1. The lowest BCUT2D eigenvalue weighted by atomic mass is 10.1. The minimum Gasteiger partial charge on any atom is -0.496 e. The number of carbonyl (C=O) groups excluding carboxylic acids is 1. The molecule has 6 nitrogen and oxygen atoms in total. The van der Waals surface area contributed by atoms with Gasteiger partial charge < -0.3 is 20.9 Å². The molecule has 4 N–H and O–H groups in total. The van der Waals surface area contributed by atoms with E-state index in [-0.39, 0.29) is 12.3 Å². The highest BCUT2D eigenvalue weighted by molar-refractivity contribution is 5.97. The fraction of sp³-hybridized carbons (Fsp3) is 0.467. The molecule has 0 fully saturated rings. The van der Waals surface area contributed by atoms with E-state index in [9.17, 15) is 9.59 Å². The molecule has 0 saturated carbocycles. The first-order chi connectivity index (χ1) is 10.0. The smallest absolute Gasteiger partial charge is 0.303 e. The zero-order valence-electron chi connectivity index (χ0n) is 12.2. The number of unbranched alkanes of at least 4 members (excludes halogenated alkanes) is 3. The Kier molecular flexibility index (Phi) is 7.08. The molecule has 0 atom stereocenters. The molecule has 0 aliphatic rings. The Morgan fingerprint density at radius 1 is 1.24 bits per heavy atom. The fourth-order valence-electron chi connectivity index (χ4n) is 1.95. The molecule has 6 heteroatoms. The number of benzene rings is 1. The van der Waals surface area contributed by atoms with Gasteiger partial charge in [-0.25, -0.2) is 0 Å². The fourth-order valence-corrected chi connectivity index (χ4v) is 1.95. The summed E-state index contributed by atoms with van der Waals surface area (Å²) in [7, 11) is 1.49. The molecule has 1 amide bonds. The van der Waals surface area contributed by atoms with E-state index >= 15 is 0 Å². The number of carbonyl (C=O) groups is 2. The molecule has 1 aromatic rings. The van der Waals surface area contributed by atoms with E-state index in [2.05, 4.69) is 5.32 Å².